The maximum absolute atomic E-state index is 11.4. The Labute approximate surface area is 139 Å². The number of carbonyl (C=O) groups excluding carboxylic acids is 2. The molecule has 0 unspecified atom stereocenters. The van der Waals surface area contributed by atoms with Crippen molar-refractivity contribution in [1.29, 1.82) is 0 Å². The van der Waals surface area contributed by atoms with Gasteiger partial charge in [-0.15, -0.1) is 11.3 Å². The van der Waals surface area contributed by atoms with Gasteiger partial charge in [-0.3, -0.25) is 14.7 Å². The molecule has 8 nitrogen and oxygen atoms in total. The minimum absolute atomic E-state index is 0.0827. The first-order valence-electron chi connectivity index (χ1n) is 7.60. The molecule has 1 aromatic rings. The Hall–Kier alpha value is -2.16. The highest BCUT2D eigenvalue weighted by Gasteiger charge is 2.27. The minimum atomic E-state index is -0.338. The maximum Gasteiger partial charge on any atom is 0.324 e. The lowest BCUT2D eigenvalue weighted by Crippen LogP contribution is -2.43. The van der Waals surface area contributed by atoms with Crippen molar-refractivity contribution in [1.82, 2.24) is 25.8 Å². The third-order valence-electron chi connectivity index (χ3n) is 3.37. The molecule has 9 heteroatoms. The zero-order valence-electron chi connectivity index (χ0n) is 13.4. The second-order valence-corrected chi connectivity index (χ2v) is 6.15. The van der Waals surface area contributed by atoms with E-state index in [4.69, 9.17) is 0 Å². The normalized spacial score (nSPS) is 15.0. The molecular formula is C14H22N6O2S. The summed E-state index contributed by atoms with van der Waals surface area (Å²) in [6.07, 6.45) is 3.76. The number of hydrogen-bond donors (Lipinski definition) is 3. The van der Waals surface area contributed by atoms with Crippen molar-refractivity contribution < 1.29 is 9.59 Å². The van der Waals surface area contributed by atoms with Crippen LogP contribution in [0.1, 0.15) is 16.8 Å². The molecular weight excluding hydrogens is 316 g/mol. The number of aliphatic imine (C=N–C) groups is 1. The molecule has 1 saturated heterocycles. The van der Waals surface area contributed by atoms with Crippen LogP contribution in [0, 0.1) is 0 Å². The predicted molar refractivity (Wildman–Crippen MR) is 89.7 cm³/mol. The van der Waals surface area contributed by atoms with Gasteiger partial charge in [0.15, 0.2) is 5.96 Å². The van der Waals surface area contributed by atoms with Crippen LogP contribution in [0.4, 0.5) is 4.79 Å². The highest BCUT2D eigenvalue weighted by molar-refractivity contribution is 7.11. The van der Waals surface area contributed by atoms with Gasteiger partial charge in [0.05, 0.1) is 11.6 Å². The van der Waals surface area contributed by atoms with Gasteiger partial charge in [0.1, 0.15) is 0 Å². The lowest BCUT2D eigenvalue weighted by atomic mass is 10.4. The minimum Gasteiger partial charge on any atom is -0.356 e. The van der Waals surface area contributed by atoms with E-state index < -0.39 is 0 Å². The standard InChI is InChI=1S/C14H22N6O2S/c1-3-10-8-18-11(23-10)4-5-16-13(15-2)17-6-7-20-12(21)9-19-14(20)22/h8H,3-7,9H2,1-2H3,(H,19,22)(H2,15,16,17). The van der Waals surface area contributed by atoms with E-state index in [2.05, 4.69) is 32.9 Å². The molecule has 126 valence electrons. The summed E-state index contributed by atoms with van der Waals surface area (Å²) in [7, 11) is 1.68. The second kappa shape index (κ2) is 8.47. The summed E-state index contributed by atoms with van der Waals surface area (Å²) < 4.78 is 0. The number of nitrogens with zero attached hydrogens (tertiary/aromatic N) is 3. The van der Waals surface area contributed by atoms with Crippen molar-refractivity contribution >= 4 is 29.2 Å². The molecule has 3 amide bonds. The molecule has 3 N–H and O–H groups in total. The Balaban J connectivity index is 1.67. The Morgan fingerprint density at radius 1 is 1.43 bits per heavy atom. The Bertz CT molecular complexity index is 570. The van der Waals surface area contributed by atoms with Gasteiger partial charge in [-0.05, 0) is 6.42 Å². The van der Waals surface area contributed by atoms with Crippen LogP contribution < -0.4 is 16.0 Å². The van der Waals surface area contributed by atoms with E-state index in [1.807, 2.05) is 6.20 Å². The van der Waals surface area contributed by atoms with Gasteiger partial charge in [0, 0.05) is 44.2 Å². The Morgan fingerprint density at radius 2 is 2.22 bits per heavy atom. The van der Waals surface area contributed by atoms with Crippen molar-refractivity contribution in [2.75, 3.05) is 33.2 Å². The number of aryl methyl sites for hydroxylation is 1. The monoisotopic (exact) mass is 338 g/mol. The zero-order valence-corrected chi connectivity index (χ0v) is 14.2. The lowest BCUT2D eigenvalue weighted by Gasteiger charge is -2.15. The SMILES string of the molecule is CCc1cnc(CCNC(=NC)NCCN2C(=O)CNC2=O)s1. The molecule has 0 radical (unpaired) electrons. The molecule has 1 fully saturated rings. The smallest absolute Gasteiger partial charge is 0.324 e. The highest BCUT2D eigenvalue weighted by Crippen LogP contribution is 2.13. The molecule has 0 bridgehead atoms. The van der Waals surface area contributed by atoms with Gasteiger partial charge in [0.25, 0.3) is 0 Å². The fourth-order valence-electron chi connectivity index (χ4n) is 2.10. The van der Waals surface area contributed by atoms with Crippen LogP contribution in [0.3, 0.4) is 0 Å². The van der Waals surface area contributed by atoms with Gasteiger partial charge in [-0.1, -0.05) is 6.92 Å². The van der Waals surface area contributed by atoms with Crippen molar-refractivity contribution in [3.05, 3.63) is 16.1 Å². The van der Waals surface area contributed by atoms with Gasteiger partial charge in [-0.2, -0.15) is 0 Å². The molecule has 0 atom stereocenters. The second-order valence-electron chi connectivity index (χ2n) is 4.95. The van der Waals surface area contributed by atoms with Crippen LogP contribution in [0.15, 0.2) is 11.2 Å². The van der Waals surface area contributed by atoms with E-state index in [9.17, 15) is 9.59 Å². The Morgan fingerprint density at radius 3 is 2.83 bits per heavy atom. The summed E-state index contributed by atoms with van der Waals surface area (Å²) in [5.74, 6) is 0.444. The highest BCUT2D eigenvalue weighted by atomic mass is 32.1. The molecule has 2 heterocycles. The number of carbonyl (C=O) groups is 2. The van der Waals surface area contributed by atoms with E-state index in [0.717, 1.165) is 24.4 Å². The molecule has 23 heavy (non-hydrogen) atoms. The van der Waals surface area contributed by atoms with E-state index in [1.54, 1.807) is 18.4 Å². The summed E-state index contributed by atoms with van der Waals surface area (Å²) in [6.45, 7) is 3.69. The average Bonchev–Trinajstić information content (AvgIpc) is 3.14. The molecule has 0 aliphatic carbocycles. The summed E-state index contributed by atoms with van der Waals surface area (Å²) >= 11 is 1.73. The summed E-state index contributed by atoms with van der Waals surface area (Å²) in [4.78, 5) is 33.8. The largest absolute Gasteiger partial charge is 0.356 e. The van der Waals surface area contributed by atoms with Gasteiger partial charge >= 0.3 is 6.03 Å². The number of amides is 3. The summed E-state index contributed by atoms with van der Waals surface area (Å²) in [5.41, 5.74) is 0. The number of nitrogens with one attached hydrogen (secondary N) is 3. The van der Waals surface area contributed by atoms with Crippen LogP contribution in [0.2, 0.25) is 0 Å². The molecule has 0 spiro atoms. The molecule has 1 aliphatic heterocycles. The lowest BCUT2D eigenvalue weighted by molar-refractivity contribution is -0.124. The first-order valence-corrected chi connectivity index (χ1v) is 8.42. The van der Waals surface area contributed by atoms with Crippen LogP contribution >= 0.6 is 11.3 Å². The number of urea groups is 1. The van der Waals surface area contributed by atoms with Crippen molar-refractivity contribution in [2.45, 2.75) is 19.8 Å². The van der Waals surface area contributed by atoms with E-state index in [1.165, 1.54) is 9.78 Å². The fraction of sp³-hybridized carbons (Fsp3) is 0.571. The number of rotatable bonds is 7. The van der Waals surface area contributed by atoms with E-state index in [0.29, 0.717) is 19.0 Å². The van der Waals surface area contributed by atoms with Crippen LogP contribution in [-0.2, 0) is 17.6 Å². The third kappa shape index (κ3) is 4.92. The quantitative estimate of drug-likeness (QED) is 0.368. The molecule has 1 aliphatic rings. The van der Waals surface area contributed by atoms with Crippen LogP contribution in [-0.4, -0.2) is 61.0 Å². The van der Waals surface area contributed by atoms with Gasteiger partial charge in [0.2, 0.25) is 5.91 Å². The molecule has 0 saturated carbocycles. The molecule has 0 aromatic carbocycles. The number of guanidine groups is 1. The van der Waals surface area contributed by atoms with E-state index in [-0.39, 0.29) is 18.5 Å². The first-order chi connectivity index (χ1) is 11.1. The van der Waals surface area contributed by atoms with E-state index >= 15 is 0 Å². The van der Waals surface area contributed by atoms with Crippen molar-refractivity contribution in [3.8, 4) is 0 Å². The molecule has 2 rings (SSSR count). The van der Waals surface area contributed by atoms with Crippen molar-refractivity contribution in [2.24, 2.45) is 4.99 Å². The fourth-order valence-corrected chi connectivity index (χ4v) is 2.97. The van der Waals surface area contributed by atoms with Crippen LogP contribution in [0.5, 0.6) is 0 Å². The van der Waals surface area contributed by atoms with Gasteiger partial charge < -0.3 is 16.0 Å². The number of hydrogen-bond acceptors (Lipinski definition) is 5. The third-order valence-corrected chi connectivity index (χ3v) is 4.57. The summed E-state index contributed by atoms with van der Waals surface area (Å²) in [6, 6.07) is -0.338. The number of imide groups is 1. The molecule has 1 aromatic heterocycles. The topological polar surface area (TPSA) is 98.7 Å². The van der Waals surface area contributed by atoms with Crippen molar-refractivity contribution in [3.63, 3.8) is 0 Å². The van der Waals surface area contributed by atoms with Gasteiger partial charge in [-0.25, -0.2) is 9.78 Å². The van der Waals surface area contributed by atoms with Crippen LogP contribution in [0.25, 0.3) is 0 Å². The summed E-state index contributed by atoms with van der Waals surface area (Å²) in [5, 5.41) is 9.87. The number of aromatic nitrogens is 1. The first kappa shape index (κ1) is 17.2. The zero-order chi connectivity index (χ0) is 16.7. The Kier molecular flexibility index (Phi) is 6.33. The predicted octanol–water partition coefficient (Wildman–Crippen LogP) is -0.0352. The maximum atomic E-state index is 11.4. The average molecular weight is 338 g/mol. The number of thiazole rings is 1.